The summed E-state index contributed by atoms with van der Waals surface area (Å²) in [6.07, 6.45) is 0. The van der Waals surface area contributed by atoms with E-state index < -0.39 is 0 Å². The molecule has 0 fully saturated rings. The quantitative estimate of drug-likeness (QED) is 0.697. The number of halogens is 1. The SMILES string of the molecule is COc1cc(Br)cc(-n2c(=S)[nH]c3ccc(OC)cc32)c1. The fourth-order valence-corrected chi connectivity index (χ4v) is 3.03. The van der Waals surface area contributed by atoms with E-state index in [9.17, 15) is 0 Å². The Morgan fingerprint density at radius 2 is 1.81 bits per heavy atom. The van der Waals surface area contributed by atoms with Crippen molar-refractivity contribution in [3.8, 4) is 17.2 Å². The molecule has 2 aromatic carbocycles. The summed E-state index contributed by atoms with van der Waals surface area (Å²) in [4.78, 5) is 3.20. The van der Waals surface area contributed by atoms with Crippen molar-refractivity contribution in [1.82, 2.24) is 9.55 Å². The first kappa shape index (κ1) is 14.2. The van der Waals surface area contributed by atoms with Gasteiger partial charge in [0.15, 0.2) is 4.77 Å². The van der Waals surface area contributed by atoms with Crippen LogP contribution >= 0.6 is 28.1 Å². The molecule has 0 spiro atoms. The molecule has 0 atom stereocenters. The van der Waals surface area contributed by atoms with Crippen LogP contribution in [0.4, 0.5) is 0 Å². The number of nitrogens with zero attached hydrogens (tertiary/aromatic N) is 1. The zero-order chi connectivity index (χ0) is 15.0. The second-order valence-corrected chi connectivity index (χ2v) is 5.80. The molecule has 1 aromatic heterocycles. The Morgan fingerprint density at radius 1 is 1.05 bits per heavy atom. The number of hydrogen-bond donors (Lipinski definition) is 1. The van der Waals surface area contributed by atoms with Crippen molar-refractivity contribution in [3.63, 3.8) is 0 Å². The molecule has 0 saturated carbocycles. The summed E-state index contributed by atoms with van der Waals surface area (Å²) in [6.45, 7) is 0. The van der Waals surface area contributed by atoms with Gasteiger partial charge in [0.25, 0.3) is 0 Å². The van der Waals surface area contributed by atoms with Crippen molar-refractivity contribution in [1.29, 1.82) is 0 Å². The van der Waals surface area contributed by atoms with Crippen molar-refractivity contribution < 1.29 is 9.47 Å². The highest BCUT2D eigenvalue weighted by molar-refractivity contribution is 9.10. The first-order chi connectivity index (χ1) is 10.1. The van der Waals surface area contributed by atoms with Crippen LogP contribution in [0.25, 0.3) is 16.7 Å². The summed E-state index contributed by atoms with van der Waals surface area (Å²) < 4.78 is 14.1. The number of benzene rings is 2. The van der Waals surface area contributed by atoms with Crippen molar-refractivity contribution in [2.24, 2.45) is 0 Å². The summed E-state index contributed by atoms with van der Waals surface area (Å²) in [7, 11) is 3.29. The molecule has 1 heterocycles. The Hall–Kier alpha value is -1.79. The van der Waals surface area contributed by atoms with Crippen molar-refractivity contribution in [3.05, 3.63) is 45.6 Å². The standard InChI is InChI=1S/C15H13BrN2O2S/c1-19-11-3-4-13-14(8-11)18(15(21)17-13)10-5-9(16)6-12(7-10)20-2/h3-8H,1-2H3,(H,17,21). The highest BCUT2D eigenvalue weighted by Crippen LogP contribution is 2.28. The molecule has 0 aliphatic heterocycles. The summed E-state index contributed by atoms with van der Waals surface area (Å²) in [6, 6.07) is 11.6. The fourth-order valence-electron chi connectivity index (χ4n) is 2.26. The van der Waals surface area contributed by atoms with Gasteiger partial charge in [-0.2, -0.15) is 0 Å². The Bertz CT molecular complexity index is 870. The van der Waals surface area contributed by atoms with Crippen LogP contribution in [0.1, 0.15) is 0 Å². The van der Waals surface area contributed by atoms with E-state index in [4.69, 9.17) is 21.7 Å². The first-order valence-electron chi connectivity index (χ1n) is 6.26. The number of hydrogen-bond acceptors (Lipinski definition) is 3. The molecule has 4 nitrogen and oxygen atoms in total. The fraction of sp³-hybridized carbons (Fsp3) is 0.133. The van der Waals surface area contributed by atoms with E-state index in [0.717, 1.165) is 32.7 Å². The third-order valence-corrected chi connectivity index (χ3v) is 3.98. The molecular weight excluding hydrogens is 352 g/mol. The normalized spacial score (nSPS) is 10.8. The van der Waals surface area contributed by atoms with Crippen LogP contribution in [0.2, 0.25) is 0 Å². The van der Waals surface area contributed by atoms with Gasteiger partial charge in [0.1, 0.15) is 11.5 Å². The second-order valence-electron chi connectivity index (χ2n) is 4.50. The minimum absolute atomic E-state index is 0.624. The van der Waals surface area contributed by atoms with Crippen LogP contribution in [0.15, 0.2) is 40.9 Å². The predicted molar refractivity (Wildman–Crippen MR) is 89.3 cm³/mol. The number of aromatic nitrogens is 2. The molecule has 0 aliphatic rings. The largest absolute Gasteiger partial charge is 0.497 e. The van der Waals surface area contributed by atoms with E-state index in [1.165, 1.54) is 0 Å². The average molecular weight is 365 g/mol. The molecule has 0 aliphatic carbocycles. The summed E-state index contributed by atoms with van der Waals surface area (Å²) in [5.41, 5.74) is 2.84. The third kappa shape index (κ3) is 2.56. The maximum Gasteiger partial charge on any atom is 0.182 e. The zero-order valence-electron chi connectivity index (χ0n) is 11.5. The second kappa shape index (κ2) is 5.54. The number of H-pyrrole nitrogens is 1. The molecule has 0 amide bonds. The van der Waals surface area contributed by atoms with E-state index >= 15 is 0 Å². The summed E-state index contributed by atoms with van der Waals surface area (Å²) >= 11 is 8.94. The van der Waals surface area contributed by atoms with Crippen LogP contribution < -0.4 is 9.47 Å². The lowest BCUT2D eigenvalue weighted by atomic mass is 10.2. The zero-order valence-corrected chi connectivity index (χ0v) is 13.9. The molecule has 0 saturated heterocycles. The van der Waals surface area contributed by atoms with Gasteiger partial charge >= 0.3 is 0 Å². The Morgan fingerprint density at radius 3 is 2.52 bits per heavy atom. The van der Waals surface area contributed by atoms with Gasteiger partial charge in [-0.05, 0) is 36.5 Å². The molecule has 21 heavy (non-hydrogen) atoms. The number of aromatic amines is 1. The molecular formula is C15H13BrN2O2S. The topological polar surface area (TPSA) is 39.2 Å². The maximum atomic E-state index is 5.45. The van der Waals surface area contributed by atoms with Crippen LogP contribution in [0.3, 0.4) is 0 Å². The lowest BCUT2D eigenvalue weighted by Crippen LogP contribution is -1.95. The van der Waals surface area contributed by atoms with Crippen molar-refractivity contribution in [2.45, 2.75) is 0 Å². The predicted octanol–water partition coefficient (Wildman–Crippen LogP) is 4.47. The molecule has 0 radical (unpaired) electrons. The number of methoxy groups -OCH3 is 2. The highest BCUT2D eigenvalue weighted by atomic mass is 79.9. The monoisotopic (exact) mass is 364 g/mol. The summed E-state index contributed by atoms with van der Waals surface area (Å²) in [5.74, 6) is 1.55. The Balaban J connectivity index is 2.31. The molecule has 0 bridgehead atoms. The Kier molecular flexibility index (Phi) is 3.73. The number of fused-ring (bicyclic) bond motifs is 1. The van der Waals surface area contributed by atoms with Gasteiger partial charge in [0, 0.05) is 16.6 Å². The maximum absolute atomic E-state index is 5.45. The molecule has 6 heteroatoms. The van der Waals surface area contributed by atoms with Gasteiger partial charge in [-0.15, -0.1) is 0 Å². The van der Waals surface area contributed by atoms with Crippen molar-refractivity contribution in [2.75, 3.05) is 14.2 Å². The lowest BCUT2D eigenvalue weighted by molar-refractivity contribution is 0.414. The van der Waals surface area contributed by atoms with Gasteiger partial charge in [0.2, 0.25) is 0 Å². The number of rotatable bonds is 3. The molecule has 108 valence electrons. The number of imidazole rings is 1. The van der Waals surface area contributed by atoms with Gasteiger partial charge < -0.3 is 14.5 Å². The smallest absolute Gasteiger partial charge is 0.182 e. The van der Waals surface area contributed by atoms with E-state index in [1.807, 2.05) is 41.0 Å². The minimum Gasteiger partial charge on any atom is -0.497 e. The van der Waals surface area contributed by atoms with E-state index in [2.05, 4.69) is 20.9 Å². The van der Waals surface area contributed by atoms with Crippen LogP contribution in [-0.4, -0.2) is 23.8 Å². The molecule has 3 rings (SSSR count). The van der Waals surface area contributed by atoms with E-state index in [0.29, 0.717) is 4.77 Å². The van der Waals surface area contributed by atoms with Gasteiger partial charge in [-0.1, -0.05) is 15.9 Å². The van der Waals surface area contributed by atoms with Gasteiger partial charge in [0.05, 0.1) is 30.9 Å². The highest BCUT2D eigenvalue weighted by Gasteiger charge is 2.09. The van der Waals surface area contributed by atoms with Crippen LogP contribution in [0, 0.1) is 4.77 Å². The van der Waals surface area contributed by atoms with Crippen LogP contribution in [-0.2, 0) is 0 Å². The average Bonchev–Trinajstić information content (AvgIpc) is 2.81. The van der Waals surface area contributed by atoms with Crippen molar-refractivity contribution >= 4 is 39.2 Å². The van der Waals surface area contributed by atoms with Gasteiger partial charge in [-0.25, -0.2) is 0 Å². The number of nitrogens with one attached hydrogen (secondary N) is 1. The minimum atomic E-state index is 0.624. The lowest BCUT2D eigenvalue weighted by Gasteiger charge is -2.09. The Labute approximate surface area is 135 Å². The van der Waals surface area contributed by atoms with E-state index in [1.54, 1.807) is 14.2 Å². The number of ether oxygens (including phenoxy) is 2. The van der Waals surface area contributed by atoms with E-state index in [-0.39, 0.29) is 0 Å². The molecule has 0 unspecified atom stereocenters. The van der Waals surface area contributed by atoms with Gasteiger partial charge in [-0.3, -0.25) is 4.57 Å². The third-order valence-electron chi connectivity index (χ3n) is 3.24. The summed E-state index contributed by atoms with van der Waals surface area (Å²) in [5, 5.41) is 0. The molecule has 3 aromatic rings. The first-order valence-corrected chi connectivity index (χ1v) is 7.46. The molecule has 1 N–H and O–H groups in total. The van der Waals surface area contributed by atoms with Crippen LogP contribution in [0.5, 0.6) is 11.5 Å².